The Kier molecular flexibility index (Phi) is 3.31. The van der Waals surface area contributed by atoms with E-state index in [2.05, 4.69) is 10.3 Å². The van der Waals surface area contributed by atoms with Gasteiger partial charge in [0.2, 0.25) is 0 Å². The highest BCUT2D eigenvalue weighted by molar-refractivity contribution is 7.19. The van der Waals surface area contributed by atoms with Crippen molar-refractivity contribution in [3.63, 3.8) is 0 Å². The molecule has 106 valence electrons. The van der Waals surface area contributed by atoms with E-state index in [-0.39, 0.29) is 5.91 Å². The predicted molar refractivity (Wildman–Crippen MR) is 82.3 cm³/mol. The number of carbonyl (C=O) groups excluding carboxylic acids is 2. The van der Waals surface area contributed by atoms with Gasteiger partial charge in [-0.2, -0.15) is 0 Å². The van der Waals surface area contributed by atoms with Crippen molar-refractivity contribution >= 4 is 34.2 Å². The number of aromatic nitrogens is 2. The number of fused-ring (bicyclic) bond motifs is 1. The van der Waals surface area contributed by atoms with Crippen LogP contribution in [0.2, 0.25) is 0 Å². The molecule has 0 unspecified atom stereocenters. The Labute approximate surface area is 125 Å². The number of nitrogens with zero attached hydrogens (tertiary/aromatic N) is 2. The van der Waals surface area contributed by atoms with Crippen LogP contribution in [0.1, 0.15) is 31.5 Å². The topological polar surface area (TPSA) is 63.5 Å². The number of para-hydroxylation sites is 1. The highest BCUT2D eigenvalue weighted by atomic mass is 32.1. The van der Waals surface area contributed by atoms with Crippen molar-refractivity contribution in [3.05, 3.63) is 52.3 Å². The van der Waals surface area contributed by atoms with Gasteiger partial charge in [-0.15, -0.1) is 0 Å². The van der Waals surface area contributed by atoms with E-state index in [9.17, 15) is 9.59 Å². The number of imidazole rings is 1. The van der Waals surface area contributed by atoms with Crippen LogP contribution in [0, 0.1) is 13.8 Å². The number of aldehydes is 1. The highest BCUT2D eigenvalue weighted by Gasteiger charge is 2.20. The van der Waals surface area contributed by atoms with Gasteiger partial charge < -0.3 is 5.32 Å². The molecule has 0 atom stereocenters. The van der Waals surface area contributed by atoms with Gasteiger partial charge >= 0.3 is 0 Å². The van der Waals surface area contributed by atoms with Crippen molar-refractivity contribution in [3.8, 4) is 0 Å². The molecule has 2 aromatic heterocycles. The molecule has 1 aromatic carbocycles. The molecule has 0 bridgehead atoms. The van der Waals surface area contributed by atoms with E-state index >= 15 is 0 Å². The fourth-order valence-electron chi connectivity index (χ4n) is 2.23. The van der Waals surface area contributed by atoms with Gasteiger partial charge in [0.25, 0.3) is 5.91 Å². The molecular weight excluding hydrogens is 286 g/mol. The van der Waals surface area contributed by atoms with Crippen LogP contribution in [0.4, 0.5) is 5.69 Å². The molecular formula is C15H13N3O2S. The smallest absolute Gasteiger partial charge is 0.267 e. The van der Waals surface area contributed by atoms with Gasteiger partial charge in [-0.3, -0.25) is 14.0 Å². The summed E-state index contributed by atoms with van der Waals surface area (Å²) in [5.74, 6) is -0.191. The van der Waals surface area contributed by atoms with Crippen LogP contribution in [0.5, 0.6) is 0 Å². The summed E-state index contributed by atoms with van der Waals surface area (Å²) in [5, 5.41) is 2.84. The molecule has 3 aromatic rings. The molecule has 0 aliphatic heterocycles. The van der Waals surface area contributed by atoms with Gasteiger partial charge in [0.1, 0.15) is 10.6 Å². The van der Waals surface area contributed by atoms with Gasteiger partial charge in [0, 0.05) is 11.4 Å². The number of anilines is 1. The zero-order valence-electron chi connectivity index (χ0n) is 11.6. The van der Waals surface area contributed by atoms with Crippen molar-refractivity contribution < 1.29 is 9.59 Å². The number of amides is 1. The van der Waals surface area contributed by atoms with Gasteiger partial charge in [-0.25, -0.2) is 4.98 Å². The van der Waals surface area contributed by atoms with Crippen molar-refractivity contribution in [2.75, 3.05) is 5.32 Å². The van der Waals surface area contributed by atoms with E-state index < -0.39 is 0 Å². The summed E-state index contributed by atoms with van der Waals surface area (Å²) in [4.78, 5) is 29.1. The molecule has 1 amide bonds. The Hall–Kier alpha value is -2.47. The Morgan fingerprint density at radius 2 is 2.00 bits per heavy atom. The number of nitrogens with one attached hydrogen (secondary N) is 1. The number of aryl methyl sites for hydroxylation is 2. The lowest BCUT2D eigenvalue weighted by atomic mass is 10.3. The van der Waals surface area contributed by atoms with E-state index in [1.165, 1.54) is 11.3 Å². The molecule has 0 fully saturated rings. The van der Waals surface area contributed by atoms with Crippen LogP contribution in [0.3, 0.4) is 0 Å². The molecule has 6 heteroatoms. The summed E-state index contributed by atoms with van der Waals surface area (Å²) in [5.41, 5.74) is 2.64. The standard InChI is InChI=1S/C15H13N3O2S/c1-9-12(8-19)18-10(2)13(21-15(18)16-9)14(20)17-11-6-4-3-5-7-11/h3-8H,1-2H3,(H,17,20). The molecule has 5 nitrogen and oxygen atoms in total. The van der Waals surface area contributed by atoms with E-state index in [0.29, 0.717) is 21.2 Å². The molecule has 0 aliphatic rings. The molecule has 21 heavy (non-hydrogen) atoms. The van der Waals surface area contributed by atoms with Crippen molar-refractivity contribution in [1.29, 1.82) is 0 Å². The number of hydrogen-bond acceptors (Lipinski definition) is 4. The zero-order valence-corrected chi connectivity index (χ0v) is 12.4. The summed E-state index contributed by atoms with van der Waals surface area (Å²) in [7, 11) is 0. The molecule has 0 spiro atoms. The van der Waals surface area contributed by atoms with Gasteiger partial charge in [-0.1, -0.05) is 29.5 Å². The van der Waals surface area contributed by atoms with Gasteiger partial charge in [-0.05, 0) is 26.0 Å². The first kappa shape index (κ1) is 13.5. The van der Waals surface area contributed by atoms with Crippen molar-refractivity contribution in [1.82, 2.24) is 9.38 Å². The summed E-state index contributed by atoms with van der Waals surface area (Å²) < 4.78 is 1.73. The number of hydrogen-bond donors (Lipinski definition) is 1. The van der Waals surface area contributed by atoms with Crippen LogP contribution < -0.4 is 5.32 Å². The van der Waals surface area contributed by atoms with Crippen LogP contribution in [-0.2, 0) is 0 Å². The second-order valence-corrected chi connectivity index (χ2v) is 5.63. The third-order valence-electron chi connectivity index (χ3n) is 3.27. The molecule has 1 N–H and O–H groups in total. The van der Waals surface area contributed by atoms with Crippen LogP contribution in [0.15, 0.2) is 30.3 Å². The minimum atomic E-state index is -0.191. The SMILES string of the molecule is Cc1nc2sc(C(=O)Nc3ccccc3)c(C)n2c1C=O. The Morgan fingerprint density at radius 3 is 2.67 bits per heavy atom. The molecule has 2 heterocycles. The number of thiazole rings is 1. The van der Waals surface area contributed by atoms with Gasteiger partial charge in [0.15, 0.2) is 11.2 Å². The van der Waals surface area contributed by atoms with E-state index in [4.69, 9.17) is 0 Å². The fourth-order valence-corrected chi connectivity index (χ4v) is 3.31. The Balaban J connectivity index is 2.01. The Morgan fingerprint density at radius 1 is 1.29 bits per heavy atom. The molecule has 0 saturated carbocycles. The number of benzene rings is 1. The Bertz CT molecular complexity index is 834. The van der Waals surface area contributed by atoms with Crippen LogP contribution in [-0.4, -0.2) is 21.6 Å². The third kappa shape index (κ3) is 2.23. The number of rotatable bonds is 3. The largest absolute Gasteiger partial charge is 0.321 e. The predicted octanol–water partition coefficient (Wildman–Crippen LogP) is 3.08. The van der Waals surface area contributed by atoms with E-state index in [1.807, 2.05) is 37.3 Å². The second kappa shape index (κ2) is 5.14. The second-order valence-electron chi connectivity index (χ2n) is 4.66. The lowest BCUT2D eigenvalue weighted by Gasteiger charge is -2.04. The highest BCUT2D eigenvalue weighted by Crippen LogP contribution is 2.26. The first-order valence-electron chi connectivity index (χ1n) is 6.42. The summed E-state index contributed by atoms with van der Waals surface area (Å²) >= 11 is 1.28. The van der Waals surface area contributed by atoms with Crippen LogP contribution >= 0.6 is 11.3 Å². The maximum atomic E-state index is 12.4. The molecule has 0 saturated heterocycles. The monoisotopic (exact) mass is 299 g/mol. The number of carbonyl (C=O) groups is 2. The molecule has 0 aliphatic carbocycles. The minimum Gasteiger partial charge on any atom is -0.321 e. The normalized spacial score (nSPS) is 10.8. The first-order valence-corrected chi connectivity index (χ1v) is 7.23. The van der Waals surface area contributed by atoms with Crippen molar-refractivity contribution in [2.45, 2.75) is 13.8 Å². The molecule has 3 rings (SSSR count). The minimum absolute atomic E-state index is 0.191. The maximum Gasteiger partial charge on any atom is 0.267 e. The fraction of sp³-hybridized carbons (Fsp3) is 0.133. The average molecular weight is 299 g/mol. The zero-order chi connectivity index (χ0) is 15.0. The van der Waals surface area contributed by atoms with E-state index in [1.54, 1.807) is 11.3 Å². The summed E-state index contributed by atoms with van der Waals surface area (Å²) in [6.07, 6.45) is 0.772. The van der Waals surface area contributed by atoms with E-state index in [0.717, 1.165) is 17.7 Å². The van der Waals surface area contributed by atoms with Gasteiger partial charge in [0.05, 0.1) is 5.69 Å². The summed E-state index contributed by atoms with van der Waals surface area (Å²) in [6.45, 7) is 3.60. The van der Waals surface area contributed by atoms with Crippen molar-refractivity contribution in [2.24, 2.45) is 0 Å². The third-order valence-corrected chi connectivity index (χ3v) is 4.41. The quantitative estimate of drug-likeness (QED) is 0.756. The lowest BCUT2D eigenvalue weighted by molar-refractivity contribution is 0.102. The summed E-state index contributed by atoms with van der Waals surface area (Å²) in [6, 6.07) is 9.26. The lowest BCUT2D eigenvalue weighted by Crippen LogP contribution is -2.12. The maximum absolute atomic E-state index is 12.4. The average Bonchev–Trinajstić information content (AvgIpc) is 2.95. The first-order chi connectivity index (χ1) is 10.1. The molecule has 0 radical (unpaired) electrons. The van der Waals surface area contributed by atoms with Crippen LogP contribution in [0.25, 0.3) is 4.96 Å².